The van der Waals surface area contributed by atoms with Gasteiger partial charge >= 0.3 is 0 Å². The predicted molar refractivity (Wildman–Crippen MR) is 68.5 cm³/mol. The summed E-state index contributed by atoms with van der Waals surface area (Å²) in [6, 6.07) is 7.65. The van der Waals surface area contributed by atoms with Crippen LogP contribution in [0.1, 0.15) is 11.1 Å². The lowest BCUT2D eigenvalue weighted by atomic mass is 10.0. The quantitative estimate of drug-likeness (QED) is 0.817. The first kappa shape index (κ1) is 11.9. The first-order valence-electron chi connectivity index (χ1n) is 5.26. The highest BCUT2D eigenvalue weighted by Gasteiger charge is 2.08. The van der Waals surface area contributed by atoms with Gasteiger partial charge in [-0.2, -0.15) is 0 Å². The Morgan fingerprint density at radius 1 is 1.06 bits per heavy atom. The van der Waals surface area contributed by atoms with E-state index in [9.17, 15) is 0 Å². The van der Waals surface area contributed by atoms with Crippen molar-refractivity contribution in [3.05, 3.63) is 40.5 Å². The maximum atomic E-state index is 5.72. The standard InChI is InChI=1S/C13H13ClN2O/c1-8-7-12(17-3)9(2)6-10(8)11-4-5-13(14)16-15-11/h4-7H,1-3H3. The average Bonchev–Trinajstić information content (AvgIpc) is 2.33. The fourth-order valence-corrected chi connectivity index (χ4v) is 1.85. The summed E-state index contributed by atoms with van der Waals surface area (Å²) in [4.78, 5) is 0. The van der Waals surface area contributed by atoms with E-state index < -0.39 is 0 Å². The minimum Gasteiger partial charge on any atom is -0.496 e. The van der Waals surface area contributed by atoms with Crippen LogP contribution in [0.15, 0.2) is 24.3 Å². The molecule has 0 saturated heterocycles. The monoisotopic (exact) mass is 248 g/mol. The lowest BCUT2D eigenvalue weighted by Crippen LogP contribution is -1.94. The van der Waals surface area contributed by atoms with Crippen LogP contribution in [-0.2, 0) is 0 Å². The average molecular weight is 249 g/mol. The highest BCUT2D eigenvalue weighted by Crippen LogP contribution is 2.28. The highest BCUT2D eigenvalue weighted by atomic mass is 35.5. The molecule has 0 atom stereocenters. The fourth-order valence-electron chi connectivity index (χ4n) is 1.75. The van der Waals surface area contributed by atoms with Crippen molar-refractivity contribution < 1.29 is 4.74 Å². The van der Waals surface area contributed by atoms with Gasteiger partial charge in [-0.25, -0.2) is 0 Å². The first-order valence-corrected chi connectivity index (χ1v) is 5.64. The van der Waals surface area contributed by atoms with Gasteiger partial charge in [0, 0.05) is 5.56 Å². The summed E-state index contributed by atoms with van der Waals surface area (Å²) in [5, 5.41) is 8.34. The number of rotatable bonds is 2. The fraction of sp³-hybridized carbons (Fsp3) is 0.231. The number of ether oxygens (including phenoxy) is 1. The summed E-state index contributed by atoms with van der Waals surface area (Å²) in [5.41, 5.74) is 4.04. The van der Waals surface area contributed by atoms with Crippen molar-refractivity contribution in [2.24, 2.45) is 0 Å². The topological polar surface area (TPSA) is 35.0 Å². The van der Waals surface area contributed by atoms with E-state index in [1.54, 1.807) is 13.2 Å². The number of hydrogen-bond acceptors (Lipinski definition) is 3. The third-order valence-corrected chi connectivity index (χ3v) is 2.85. The van der Waals surface area contributed by atoms with Crippen LogP contribution in [0.2, 0.25) is 5.15 Å². The van der Waals surface area contributed by atoms with E-state index in [4.69, 9.17) is 16.3 Å². The Balaban J connectivity index is 2.52. The van der Waals surface area contributed by atoms with Gasteiger partial charge in [0.05, 0.1) is 12.8 Å². The van der Waals surface area contributed by atoms with Crippen LogP contribution in [-0.4, -0.2) is 17.3 Å². The first-order chi connectivity index (χ1) is 8.11. The Morgan fingerprint density at radius 2 is 1.82 bits per heavy atom. The van der Waals surface area contributed by atoms with Crippen LogP contribution in [0.4, 0.5) is 0 Å². The van der Waals surface area contributed by atoms with Crippen molar-refractivity contribution in [1.82, 2.24) is 10.2 Å². The molecule has 1 heterocycles. The summed E-state index contributed by atoms with van der Waals surface area (Å²) in [7, 11) is 1.67. The predicted octanol–water partition coefficient (Wildman–Crippen LogP) is 3.42. The minimum atomic E-state index is 0.400. The molecule has 0 bridgehead atoms. The number of hydrogen-bond donors (Lipinski definition) is 0. The number of aryl methyl sites for hydroxylation is 2. The Labute approximate surface area is 105 Å². The van der Waals surface area contributed by atoms with Gasteiger partial charge in [0.1, 0.15) is 5.75 Å². The molecule has 3 nitrogen and oxygen atoms in total. The molecule has 0 radical (unpaired) electrons. The van der Waals surface area contributed by atoms with E-state index >= 15 is 0 Å². The summed E-state index contributed by atoms with van der Waals surface area (Å²) < 4.78 is 5.28. The Morgan fingerprint density at radius 3 is 2.41 bits per heavy atom. The number of nitrogens with zero attached hydrogens (tertiary/aromatic N) is 2. The van der Waals surface area contributed by atoms with Gasteiger partial charge in [0.25, 0.3) is 0 Å². The zero-order chi connectivity index (χ0) is 12.4. The molecule has 1 aromatic heterocycles. The molecule has 0 amide bonds. The van der Waals surface area contributed by atoms with Crippen LogP contribution in [0.25, 0.3) is 11.3 Å². The van der Waals surface area contributed by atoms with Crippen molar-refractivity contribution in [3.8, 4) is 17.0 Å². The smallest absolute Gasteiger partial charge is 0.151 e. The third-order valence-electron chi connectivity index (χ3n) is 2.65. The maximum absolute atomic E-state index is 5.72. The number of methoxy groups -OCH3 is 1. The second kappa shape index (κ2) is 4.72. The lowest BCUT2D eigenvalue weighted by molar-refractivity contribution is 0.411. The molecule has 0 saturated carbocycles. The van der Waals surface area contributed by atoms with Gasteiger partial charge in [0.2, 0.25) is 0 Å². The zero-order valence-corrected chi connectivity index (χ0v) is 10.7. The molecule has 0 aliphatic heterocycles. The van der Waals surface area contributed by atoms with Crippen molar-refractivity contribution >= 4 is 11.6 Å². The van der Waals surface area contributed by atoms with E-state index in [1.807, 2.05) is 32.0 Å². The molecule has 2 aromatic rings. The molecular weight excluding hydrogens is 236 g/mol. The summed E-state index contributed by atoms with van der Waals surface area (Å²) in [6.45, 7) is 4.03. The van der Waals surface area contributed by atoms with Crippen LogP contribution < -0.4 is 4.74 Å². The molecule has 17 heavy (non-hydrogen) atoms. The van der Waals surface area contributed by atoms with Crippen LogP contribution in [0, 0.1) is 13.8 Å². The molecule has 2 rings (SSSR count). The van der Waals surface area contributed by atoms with Crippen LogP contribution in [0.3, 0.4) is 0 Å². The number of halogens is 1. The molecular formula is C13H13ClN2O. The molecule has 0 aliphatic rings. The molecule has 0 aliphatic carbocycles. The Kier molecular flexibility index (Phi) is 3.29. The zero-order valence-electron chi connectivity index (χ0n) is 9.99. The Bertz CT molecular complexity index is 538. The molecule has 0 unspecified atom stereocenters. The summed E-state index contributed by atoms with van der Waals surface area (Å²) >= 11 is 5.72. The van der Waals surface area contributed by atoms with Crippen molar-refractivity contribution in [1.29, 1.82) is 0 Å². The number of aromatic nitrogens is 2. The van der Waals surface area contributed by atoms with Gasteiger partial charge in [-0.1, -0.05) is 11.6 Å². The van der Waals surface area contributed by atoms with E-state index in [2.05, 4.69) is 10.2 Å². The van der Waals surface area contributed by atoms with Crippen molar-refractivity contribution in [3.63, 3.8) is 0 Å². The van der Waals surface area contributed by atoms with E-state index in [0.717, 1.165) is 28.1 Å². The maximum Gasteiger partial charge on any atom is 0.151 e. The molecule has 1 aromatic carbocycles. The molecule has 88 valence electrons. The van der Waals surface area contributed by atoms with E-state index in [1.165, 1.54) is 0 Å². The largest absolute Gasteiger partial charge is 0.496 e. The van der Waals surface area contributed by atoms with Gasteiger partial charge in [-0.05, 0) is 49.2 Å². The van der Waals surface area contributed by atoms with E-state index in [-0.39, 0.29) is 0 Å². The van der Waals surface area contributed by atoms with Gasteiger partial charge in [-0.15, -0.1) is 10.2 Å². The van der Waals surface area contributed by atoms with E-state index in [0.29, 0.717) is 5.15 Å². The second-order valence-corrected chi connectivity index (χ2v) is 4.27. The van der Waals surface area contributed by atoms with Gasteiger partial charge in [0.15, 0.2) is 5.15 Å². The van der Waals surface area contributed by atoms with Gasteiger partial charge in [-0.3, -0.25) is 0 Å². The van der Waals surface area contributed by atoms with Crippen LogP contribution in [0.5, 0.6) is 5.75 Å². The van der Waals surface area contributed by atoms with Gasteiger partial charge < -0.3 is 4.74 Å². The second-order valence-electron chi connectivity index (χ2n) is 3.88. The van der Waals surface area contributed by atoms with Crippen molar-refractivity contribution in [2.75, 3.05) is 7.11 Å². The normalized spacial score (nSPS) is 10.4. The molecule has 0 spiro atoms. The molecule has 0 N–H and O–H groups in total. The number of benzene rings is 1. The summed E-state index contributed by atoms with van der Waals surface area (Å²) in [6.07, 6.45) is 0. The van der Waals surface area contributed by atoms with Crippen molar-refractivity contribution in [2.45, 2.75) is 13.8 Å². The molecule has 0 fully saturated rings. The SMILES string of the molecule is COc1cc(C)c(-c2ccc(Cl)nn2)cc1C. The molecule has 4 heteroatoms. The van der Waals surface area contributed by atoms with Crippen LogP contribution >= 0.6 is 11.6 Å². The highest BCUT2D eigenvalue weighted by molar-refractivity contribution is 6.29. The summed E-state index contributed by atoms with van der Waals surface area (Å²) in [5.74, 6) is 0.883. The lowest BCUT2D eigenvalue weighted by Gasteiger charge is -2.10. The minimum absolute atomic E-state index is 0.400. The Hall–Kier alpha value is -1.61. The third kappa shape index (κ3) is 2.39.